The number of halogens is 3. The molecule has 1 rings (SSSR count). The predicted octanol–water partition coefficient (Wildman–Crippen LogP) is 2.43. The van der Waals surface area contributed by atoms with E-state index < -0.39 is 23.7 Å². The molecule has 1 aromatic heterocycles. The Bertz CT molecular complexity index is 413. The van der Waals surface area contributed by atoms with Crippen molar-refractivity contribution in [2.45, 2.75) is 13.3 Å². The molecule has 0 fully saturated rings. The van der Waals surface area contributed by atoms with Crippen LogP contribution in [-0.2, 0) is 4.74 Å². The lowest BCUT2D eigenvalue weighted by atomic mass is 10.1. The molecule has 2 N–H and O–H groups in total. The van der Waals surface area contributed by atoms with E-state index in [0.29, 0.717) is 0 Å². The number of rotatable bonds is 3. The minimum atomic E-state index is -2.94. The molecule has 0 bridgehead atoms. The Morgan fingerprint density at radius 3 is 2.81 bits per heavy atom. The lowest BCUT2D eigenvalue weighted by molar-refractivity contribution is 0.0515. The predicted molar refractivity (Wildman–Crippen MR) is 54.6 cm³/mol. The van der Waals surface area contributed by atoms with Crippen molar-refractivity contribution in [2.75, 3.05) is 12.3 Å². The molecule has 0 amide bonds. The topological polar surface area (TPSA) is 65.2 Å². The Balaban J connectivity index is 3.29. The number of nitrogens with two attached hydrogens (primary N) is 1. The molecule has 7 heteroatoms. The molecule has 0 unspecified atom stereocenters. The van der Waals surface area contributed by atoms with E-state index in [1.165, 1.54) is 0 Å². The van der Waals surface area contributed by atoms with Gasteiger partial charge in [-0.3, -0.25) is 0 Å². The van der Waals surface area contributed by atoms with Crippen LogP contribution in [0.15, 0.2) is 6.07 Å². The van der Waals surface area contributed by atoms with Crippen LogP contribution in [0.1, 0.15) is 29.4 Å². The molecule has 0 saturated carbocycles. The zero-order valence-electron chi connectivity index (χ0n) is 8.34. The quantitative estimate of drug-likeness (QED) is 0.661. The number of hydrogen-bond acceptors (Lipinski definition) is 4. The average molecular weight is 251 g/mol. The van der Waals surface area contributed by atoms with E-state index in [4.69, 9.17) is 17.3 Å². The number of nitrogens with zero attached hydrogens (tertiary/aromatic N) is 1. The average Bonchev–Trinajstić information content (AvgIpc) is 2.16. The summed E-state index contributed by atoms with van der Waals surface area (Å²) < 4.78 is 29.8. The Morgan fingerprint density at radius 1 is 1.69 bits per heavy atom. The molecule has 0 aliphatic heterocycles. The van der Waals surface area contributed by atoms with E-state index in [0.717, 1.165) is 6.07 Å². The number of esters is 1. The Kier molecular flexibility index (Phi) is 4.00. The number of aromatic nitrogens is 1. The molecule has 0 radical (unpaired) electrons. The van der Waals surface area contributed by atoms with Crippen LogP contribution in [0.2, 0.25) is 5.15 Å². The first-order valence-corrected chi connectivity index (χ1v) is 4.76. The van der Waals surface area contributed by atoms with Crippen LogP contribution in [0.5, 0.6) is 0 Å². The number of nitrogen functional groups attached to an aromatic ring is 1. The molecule has 0 atom stereocenters. The van der Waals surface area contributed by atoms with E-state index >= 15 is 0 Å². The molecule has 0 spiro atoms. The fraction of sp³-hybridized carbons (Fsp3) is 0.333. The van der Waals surface area contributed by atoms with Crippen molar-refractivity contribution in [3.8, 4) is 0 Å². The Hall–Kier alpha value is -1.43. The maximum atomic E-state index is 12.6. The van der Waals surface area contributed by atoms with Gasteiger partial charge in [-0.2, -0.15) is 0 Å². The van der Waals surface area contributed by atoms with Gasteiger partial charge in [0.1, 0.15) is 16.4 Å². The number of alkyl halides is 2. The van der Waals surface area contributed by atoms with E-state index in [1.807, 2.05) is 0 Å². The Labute approximate surface area is 95.4 Å². The molecule has 0 aliphatic carbocycles. The van der Waals surface area contributed by atoms with E-state index in [-0.39, 0.29) is 17.4 Å². The summed E-state index contributed by atoms with van der Waals surface area (Å²) in [6.45, 7) is 1.61. The van der Waals surface area contributed by atoms with Gasteiger partial charge in [-0.05, 0) is 13.0 Å². The monoisotopic (exact) mass is 250 g/mol. The first-order valence-electron chi connectivity index (χ1n) is 4.38. The zero-order chi connectivity index (χ0) is 12.3. The first-order chi connectivity index (χ1) is 7.47. The van der Waals surface area contributed by atoms with Crippen molar-refractivity contribution in [3.05, 3.63) is 22.5 Å². The van der Waals surface area contributed by atoms with Crippen LogP contribution in [0.4, 0.5) is 14.5 Å². The second-order valence-electron chi connectivity index (χ2n) is 2.82. The van der Waals surface area contributed by atoms with Crippen LogP contribution in [-0.4, -0.2) is 17.6 Å². The third-order valence-electron chi connectivity index (χ3n) is 1.73. The van der Waals surface area contributed by atoms with Gasteiger partial charge in [-0.25, -0.2) is 18.6 Å². The van der Waals surface area contributed by atoms with Gasteiger partial charge >= 0.3 is 5.97 Å². The summed E-state index contributed by atoms with van der Waals surface area (Å²) in [6, 6.07) is 1.12. The van der Waals surface area contributed by atoms with Crippen molar-refractivity contribution in [2.24, 2.45) is 0 Å². The van der Waals surface area contributed by atoms with Crippen LogP contribution < -0.4 is 5.73 Å². The van der Waals surface area contributed by atoms with Crippen molar-refractivity contribution >= 4 is 23.3 Å². The van der Waals surface area contributed by atoms with E-state index in [9.17, 15) is 13.6 Å². The van der Waals surface area contributed by atoms with Gasteiger partial charge in [0, 0.05) is 0 Å². The highest BCUT2D eigenvalue weighted by molar-refractivity contribution is 6.29. The molecule has 1 aromatic rings. The number of anilines is 1. The summed E-state index contributed by atoms with van der Waals surface area (Å²) >= 11 is 5.47. The van der Waals surface area contributed by atoms with Gasteiger partial charge in [0.2, 0.25) is 0 Å². The van der Waals surface area contributed by atoms with Crippen LogP contribution >= 0.6 is 11.6 Å². The summed E-state index contributed by atoms with van der Waals surface area (Å²) in [4.78, 5) is 14.8. The van der Waals surface area contributed by atoms with Gasteiger partial charge in [0.15, 0.2) is 0 Å². The highest BCUT2D eigenvalue weighted by Crippen LogP contribution is 2.28. The minimum Gasteiger partial charge on any atom is -0.462 e. The van der Waals surface area contributed by atoms with Crippen molar-refractivity contribution in [1.29, 1.82) is 0 Å². The van der Waals surface area contributed by atoms with Gasteiger partial charge in [0.25, 0.3) is 6.43 Å². The maximum Gasteiger partial charge on any atom is 0.342 e. The lowest BCUT2D eigenvalue weighted by Crippen LogP contribution is -2.13. The minimum absolute atomic E-state index is 0.0591. The Morgan fingerprint density at radius 2 is 2.31 bits per heavy atom. The number of ether oxygens (including phenoxy) is 1. The van der Waals surface area contributed by atoms with E-state index in [1.54, 1.807) is 6.92 Å². The van der Waals surface area contributed by atoms with Crippen LogP contribution in [0.3, 0.4) is 0 Å². The number of carbonyl (C=O) groups excluding carboxylic acids is 1. The summed E-state index contributed by atoms with van der Waals surface area (Å²) in [7, 11) is 0. The van der Waals surface area contributed by atoms with Crippen LogP contribution in [0, 0.1) is 0 Å². The van der Waals surface area contributed by atoms with Crippen molar-refractivity contribution in [3.63, 3.8) is 0 Å². The normalized spacial score (nSPS) is 10.6. The molecule has 16 heavy (non-hydrogen) atoms. The standard InChI is InChI=1S/C9H9ClF2N2O2/c1-2-16-9(15)6-4(13)3-5(10)14-7(6)8(11)12/h3,8H,2H2,1H3,(H2,13,14). The summed E-state index contributed by atoms with van der Waals surface area (Å²) in [5.41, 5.74) is 4.07. The molecule has 4 nitrogen and oxygen atoms in total. The highest BCUT2D eigenvalue weighted by atomic mass is 35.5. The van der Waals surface area contributed by atoms with Gasteiger partial charge in [-0.15, -0.1) is 0 Å². The molecular weight excluding hydrogens is 242 g/mol. The van der Waals surface area contributed by atoms with Crippen molar-refractivity contribution in [1.82, 2.24) is 4.98 Å². The number of hydrogen-bond donors (Lipinski definition) is 1. The third-order valence-corrected chi connectivity index (χ3v) is 1.93. The molecule has 0 aliphatic rings. The fourth-order valence-electron chi connectivity index (χ4n) is 1.14. The first kappa shape index (κ1) is 12.6. The molecular formula is C9H9ClF2N2O2. The van der Waals surface area contributed by atoms with Gasteiger partial charge < -0.3 is 10.5 Å². The molecule has 1 heterocycles. The largest absolute Gasteiger partial charge is 0.462 e. The summed E-state index contributed by atoms with van der Waals surface area (Å²) in [5, 5.41) is -0.194. The SMILES string of the molecule is CCOC(=O)c1c(N)cc(Cl)nc1C(F)F. The van der Waals surface area contributed by atoms with Gasteiger partial charge in [-0.1, -0.05) is 11.6 Å². The zero-order valence-corrected chi connectivity index (χ0v) is 9.09. The fourth-order valence-corrected chi connectivity index (χ4v) is 1.34. The summed E-state index contributed by atoms with van der Waals surface area (Å²) in [5.74, 6) is -0.931. The second-order valence-corrected chi connectivity index (χ2v) is 3.20. The molecule has 0 aromatic carbocycles. The summed E-state index contributed by atoms with van der Waals surface area (Å²) in [6.07, 6.45) is -2.94. The lowest BCUT2D eigenvalue weighted by Gasteiger charge is -2.10. The maximum absolute atomic E-state index is 12.6. The van der Waals surface area contributed by atoms with Crippen molar-refractivity contribution < 1.29 is 18.3 Å². The number of pyridine rings is 1. The van der Waals surface area contributed by atoms with Gasteiger partial charge in [0.05, 0.1) is 12.3 Å². The molecule has 88 valence electrons. The smallest absolute Gasteiger partial charge is 0.342 e. The van der Waals surface area contributed by atoms with E-state index in [2.05, 4.69) is 9.72 Å². The molecule has 0 saturated heterocycles. The number of carbonyl (C=O) groups is 1. The second kappa shape index (κ2) is 5.07. The highest BCUT2D eigenvalue weighted by Gasteiger charge is 2.24. The third kappa shape index (κ3) is 2.57. The van der Waals surface area contributed by atoms with Crippen LogP contribution in [0.25, 0.3) is 0 Å².